The van der Waals surface area contributed by atoms with Crippen molar-refractivity contribution in [1.82, 2.24) is 14.8 Å². The lowest BCUT2D eigenvalue weighted by Crippen LogP contribution is -2.13. The Balaban J connectivity index is 2.45. The van der Waals surface area contributed by atoms with Gasteiger partial charge in [-0.15, -0.1) is 10.2 Å². The molecule has 1 aromatic rings. The number of rotatable bonds is 5. The van der Waals surface area contributed by atoms with Crippen LogP contribution in [0.4, 0.5) is 0 Å². The summed E-state index contributed by atoms with van der Waals surface area (Å²) in [5, 5.41) is 15.9. The molecule has 0 bridgehead atoms. The van der Waals surface area contributed by atoms with Gasteiger partial charge in [0.25, 0.3) is 0 Å². The van der Waals surface area contributed by atoms with Gasteiger partial charge in [-0.1, -0.05) is 13.3 Å². The fraction of sp³-hybridized carbons (Fsp3) is 0.625. The molecule has 1 aromatic heterocycles. The van der Waals surface area contributed by atoms with E-state index in [4.69, 9.17) is 5.11 Å². The number of carbonyl (C=O) groups is 1. The predicted octanol–water partition coefficient (Wildman–Crippen LogP) is 0.779. The Morgan fingerprint density at radius 2 is 2.15 bits per heavy atom. The predicted molar refractivity (Wildman–Crippen MR) is 46.1 cm³/mol. The molecule has 0 amide bonds. The van der Waals surface area contributed by atoms with Gasteiger partial charge in [0.05, 0.1) is 0 Å². The van der Waals surface area contributed by atoms with E-state index in [1.807, 2.05) is 6.92 Å². The van der Waals surface area contributed by atoms with Crippen molar-refractivity contribution in [3.8, 4) is 0 Å². The van der Waals surface area contributed by atoms with E-state index in [0.717, 1.165) is 6.42 Å². The zero-order valence-corrected chi connectivity index (χ0v) is 7.55. The Bertz CT molecular complexity index is 258. The first kappa shape index (κ1) is 9.70. The van der Waals surface area contributed by atoms with Crippen LogP contribution in [0.5, 0.6) is 0 Å². The van der Waals surface area contributed by atoms with E-state index >= 15 is 0 Å². The quantitative estimate of drug-likeness (QED) is 0.732. The van der Waals surface area contributed by atoms with Gasteiger partial charge in [0.2, 0.25) is 0 Å². The van der Waals surface area contributed by atoms with Crippen LogP contribution in [-0.2, 0) is 11.3 Å². The van der Waals surface area contributed by atoms with Gasteiger partial charge in [0.1, 0.15) is 12.7 Å². The average molecular weight is 183 g/mol. The van der Waals surface area contributed by atoms with Crippen molar-refractivity contribution < 1.29 is 9.90 Å². The van der Waals surface area contributed by atoms with Crippen LogP contribution in [0, 0.1) is 5.92 Å². The minimum absolute atomic E-state index is 0.161. The van der Waals surface area contributed by atoms with Crippen molar-refractivity contribution in [1.29, 1.82) is 0 Å². The third-order valence-corrected chi connectivity index (χ3v) is 1.98. The van der Waals surface area contributed by atoms with E-state index in [9.17, 15) is 4.79 Å². The maximum absolute atomic E-state index is 10.5. The third kappa shape index (κ3) is 3.23. The number of aromatic nitrogens is 3. The van der Waals surface area contributed by atoms with Crippen LogP contribution < -0.4 is 0 Å². The molecule has 0 fully saturated rings. The van der Waals surface area contributed by atoms with E-state index in [1.165, 1.54) is 0 Å². The monoisotopic (exact) mass is 183 g/mol. The smallest absolute Gasteiger partial charge is 0.303 e. The fourth-order valence-electron chi connectivity index (χ4n) is 1.20. The Kier molecular flexibility index (Phi) is 3.42. The second-order valence-corrected chi connectivity index (χ2v) is 3.03. The lowest BCUT2D eigenvalue weighted by molar-refractivity contribution is -0.138. The molecule has 0 saturated carbocycles. The average Bonchev–Trinajstić information content (AvgIpc) is 2.55. The molecule has 0 spiro atoms. The first-order valence-electron chi connectivity index (χ1n) is 4.26. The van der Waals surface area contributed by atoms with Crippen molar-refractivity contribution >= 4 is 5.97 Å². The summed E-state index contributed by atoms with van der Waals surface area (Å²) in [7, 11) is 0. The van der Waals surface area contributed by atoms with Gasteiger partial charge < -0.3 is 9.67 Å². The number of nitrogens with zero attached hydrogens (tertiary/aromatic N) is 3. The molecule has 1 atom stereocenters. The number of hydrogen-bond acceptors (Lipinski definition) is 3. The van der Waals surface area contributed by atoms with Gasteiger partial charge in [0, 0.05) is 13.0 Å². The summed E-state index contributed by atoms with van der Waals surface area (Å²) in [6.07, 6.45) is 4.26. The van der Waals surface area contributed by atoms with Crippen LogP contribution in [0.1, 0.15) is 19.8 Å². The molecule has 1 N–H and O–H groups in total. The molecule has 13 heavy (non-hydrogen) atoms. The molecule has 0 aliphatic carbocycles. The number of carboxylic acid groups (broad SMARTS) is 1. The molecule has 1 unspecified atom stereocenters. The summed E-state index contributed by atoms with van der Waals surface area (Å²) in [5.74, 6) is -0.589. The van der Waals surface area contributed by atoms with Gasteiger partial charge in [-0.05, 0) is 5.92 Å². The summed E-state index contributed by atoms with van der Waals surface area (Å²) in [5.41, 5.74) is 0. The van der Waals surface area contributed by atoms with Gasteiger partial charge in [-0.25, -0.2) is 0 Å². The largest absolute Gasteiger partial charge is 0.481 e. The Hall–Kier alpha value is -1.39. The van der Waals surface area contributed by atoms with Crippen LogP contribution >= 0.6 is 0 Å². The summed E-state index contributed by atoms with van der Waals surface area (Å²) in [6, 6.07) is 0. The highest BCUT2D eigenvalue weighted by Gasteiger charge is 2.11. The van der Waals surface area contributed by atoms with Gasteiger partial charge in [0.15, 0.2) is 0 Å². The summed E-state index contributed by atoms with van der Waals surface area (Å²) < 4.78 is 1.80. The van der Waals surface area contributed by atoms with Crippen LogP contribution in [0.25, 0.3) is 0 Å². The van der Waals surface area contributed by atoms with E-state index in [1.54, 1.807) is 17.2 Å². The Labute approximate surface area is 76.4 Å². The summed E-state index contributed by atoms with van der Waals surface area (Å²) >= 11 is 0. The number of aliphatic carboxylic acids is 1. The van der Waals surface area contributed by atoms with Crippen molar-refractivity contribution in [3.63, 3.8) is 0 Å². The lowest BCUT2D eigenvalue weighted by atomic mass is 10.0. The molecule has 0 saturated heterocycles. The molecule has 0 aliphatic heterocycles. The van der Waals surface area contributed by atoms with Crippen LogP contribution in [0.2, 0.25) is 0 Å². The second kappa shape index (κ2) is 4.59. The molecule has 0 aliphatic rings. The standard InChI is InChI=1S/C8H13N3O2/c1-2-7(3-8(12)13)4-11-5-9-10-6-11/h5-7H,2-4H2,1H3,(H,12,13). The van der Waals surface area contributed by atoms with Crippen molar-refractivity contribution in [2.24, 2.45) is 5.92 Å². The van der Waals surface area contributed by atoms with Crippen LogP contribution in [0.3, 0.4) is 0 Å². The number of hydrogen-bond donors (Lipinski definition) is 1. The van der Waals surface area contributed by atoms with Crippen LogP contribution in [-0.4, -0.2) is 25.8 Å². The normalized spacial score (nSPS) is 12.7. The van der Waals surface area contributed by atoms with Crippen LogP contribution in [0.15, 0.2) is 12.7 Å². The molecule has 5 nitrogen and oxygen atoms in total. The van der Waals surface area contributed by atoms with Crippen molar-refractivity contribution in [2.75, 3.05) is 0 Å². The Morgan fingerprint density at radius 3 is 2.62 bits per heavy atom. The molecule has 0 radical (unpaired) electrons. The zero-order valence-electron chi connectivity index (χ0n) is 7.55. The lowest BCUT2D eigenvalue weighted by Gasteiger charge is -2.11. The highest BCUT2D eigenvalue weighted by Crippen LogP contribution is 2.10. The second-order valence-electron chi connectivity index (χ2n) is 3.03. The van der Waals surface area contributed by atoms with Crippen molar-refractivity contribution in [3.05, 3.63) is 12.7 Å². The van der Waals surface area contributed by atoms with E-state index in [0.29, 0.717) is 6.54 Å². The van der Waals surface area contributed by atoms with Gasteiger partial charge in [-0.3, -0.25) is 4.79 Å². The minimum Gasteiger partial charge on any atom is -0.481 e. The SMILES string of the molecule is CCC(CC(=O)O)Cn1cnnc1. The number of carboxylic acids is 1. The highest BCUT2D eigenvalue weighted by molar-refractivity contribution is 5.66. The van der Waals surface area contributed by atoms with Crippen molar-refractivity contribution in [2.45, 2.75) is 26.3 Å². The summed E-state index contributed by atoms with van der Waals surface area (Å²) in [4.78, 5) is 10.5. The molecule has 0 aromatic carbocycles. The van der Waals surface area contributed by atoms with E-state index in [2.05, 4.69) is 10.2 Å². The minimum atomic E-state index is -0.750. The molecule has 1 rings (SSSR count). The topological polar surface area (TPSA) is 68.0 Å². The first-order valence-corrected chi connectivity index (χ1v) is 4.26. The maximum atomic E-state index is 10.5. The molecule has 5 heteroatoms. The molecule has 1 heterocycles. The van der Waals surface area contributed by atoms with Gasteiger partial charge in [-0.2, -0.15) is 0 Å². The third-order valence-electron chi connectivity index (χ3n) is 1.98. The zero-order chi connectivity index (χ0) is 9.68. The first-order chi connectivity index (χ1) is 6.22. The van der Waals surface area contributed by atoms with E-state index in [-0.39, 0.29) is 12.3 Å². The molecular weight excluding hydrogens is 170 g/mol. The maximum Gasteiger partial charge on any atom is 0.303 e. The molecular formula is C8H13N3O2. The fourth-order valence-corrected chi connectivity index (χ4v) is 1.20. The summed E-state index contributed by atoms with van der Waals surface area (Å²) in [6.45, 7) is 2.66. The van der Waals surface area contributed by atoms with Gasteiger partial charge >= 0.3 is 5.97 Å². The molecule has 72 valence electrons. The highest BCUT2D eigenvalue weighted by atomic mass is 16.4. The van der Waals surface area contributed by atoms with E-state index < -0.39 is 5.97 Å². The Morgan fingerprint density at radius 1 is 1.54 bits per heavy atom.